The first-order valence-corrected chi connectivity index (χ1v) is 8.40. The third kappa shape index (κ3) is 4.81. The van der Waals surface area contributed by atoms with Gasteiger partial charge >= 0.3 is 5.97 Å². The van der Waals surface area contributed by atoms with E-state index in [1.807, 2.05) is 13.8 Å². The van der Waals surface area contributed by atoms with E-state index < -0.39 is 5.97 Å². The number of hydrogen-bond donors (Lipinski definition) is 0. The van der Waals surface area contributed by atoms with Gasteiger partial charge in [-0.3, -0.25) is 0 Å². The van der Waals surface area contributed by atoms with Crippen LogP contribution in [-0.2, 0) is 11.3 Å². The van der Waals surface area contributed by atoms with E-state index in [1.165, 1.54) is 0 Å². The molecule has 0 aliphatic heterocycles. The summed E-state index contributed by atoms with van der Waals surface area (Å²) >= 11 is 0. The predicted octanol–water partition coefficient (Wildman–Crippen LogP) is 3.86. The van der Waals surface area contributed by atoms with Crippen LogP contribution in [0.3, 0.4) is 0 Å². The molecule has 2 rings (SSSR count). The average Bonchev–Trinajstić information content (AvgIpc) is 2.67. The van der Waals surface area contributed by atoms with Crippen LogP contribution in [0.15, 0.2) is 36.4 Å². The first-order chi connectivity index (χ1) is 12.6. The lowest BCUT2D eigenvalue weighted by Crippen LogP contribution is -2.07. The van der Waals surface area contributed by atoms with Gasteiger partial charge < -0.3 is 23.7 Å². The number of carbonyl (C=O) groups is 1. The molecular weight excluding hydrogens is 336 g/mol. The molecule has 0 unspecified atom stereocenters. The lowest BCUT2D eigenvalue weighted by atomic mass is 10.2. The SMILES string of the molecule is CCOc1ccc(C(=O)OCc2cc(OC)ccc2OC)cc1OCC. The second kappa shape index (κ2) is 9.56. The van der Waals surface area contributed by atoms with Gasteiger partial charge in [0.2, 0.25) is 0 Å². The molecule has 0 saturated carbocycles. The number of rotatable bonds is 9. The Morgan fingerprint density at radius 3 is 2.19 bits per heavy atom. The van der Waals surface area contributed by atoms with E-state index in [0.717, 1.165) is 5.56 Å². The van der Waals surface area contributed by atoms with Crippen molar-refractivity contribution in [2.45, 2.75) is 20.5 Å². The molecule has 6 heteroatoms. The van der Waals surface area contributed by atoms with Gasteiger partial charge in [-0.15, -0.1) is 0 Å². The number of carbonyl (C=O) groups excluding carboxylic acids is 1. The highest BCUT2D eigenvalue weighted by atomic mass is 16.5. The minimum atomic E-state index is -0.459. The molecule has 6 nitrogen and oxygen atoms in total. The minimum Gasteiger partial charge on any atom is -0.497 e. The molecule has 0 N–H and O–H groups in total. The van der Waals surface area contributed by atoms with E-state index in [4.69, 9.17) is 23.7 Å². The van der Waals surface area contributed by atoms with E-state index in [9.17, 15) is 4.79 Å². The van der Waals surface area contributed by atoms with Crippen molar-refractivity contribution in [2.24, 2.45) is 0 Å². The molecule has 0 aromatic heterocycles. The first kappa shape index (κ1) is 19.4. The van der Waals surface area contributed by atoms with Crippen LogP contribution in [0.4, 0.5) is 0 Å². The summed E-state index contributed by atoms with van der Waals surface area (Å²) in [4.78, 5) is 12.4. The summed E-state index contributed by atoms with van der Waals surface area (Å²) in [6.45, 7) is 4.81. The van der Waals surface area contributed by atoms with Gasteiger partial charge in [-0.1, -0.05) is 0 Å². The summed E-state index contributed by atoms with van der Waals surface area (Å²) in [7, 11) is 3.14. The van der Waals surface area contributed by atoms with Crippen LogP contribution >= 0.6 is 0 Å². The Morgan fingerprint density at radius 1 is 0.846 bits per heavy atom. The number of hydrogen-bond acceptors (Lipinski definition) is 6. The van der Waals surface area contributed by atoms with Gasteiger partial charge in [0.25, 0.3) is 0 Å². The lowest BCUT2D eigenvalue weighted by Gasteiger charge is -2.13. The quantitative estimate of drug-likeness (QED) is 0.633. The maximum absolute atomic E-state index is 12.4. The minimum absolute atomic E-state index is 0.0659. The molecule has 0 radical (unpaired) electrons. The number of ether oxygens (including phenoxy) is 5. The van der Waals surface area contributed by atoms with E-state index in [2.05, 4.69) is 0 Å². The molecule has 140 valence electrons. The average molecular weight is 360 g/mol. The smallest absolute Gasteiger partial charge is 0.338 e. The van der Waals surface area contributed by atoms with E-state index >= 15 is 0 Å². The van der Waals surface area contributed by atoms with Crippen LogP contribution in [0.5, 0.6) is 23.0 Å². The lowest BCUT2D eigenvalue weighted by molar-refractivity contribution is 0.0469. The van der Waals surface area contributed by atoms with Gasteiger partial charge in [0, 0.05) is 5.56 Å². The van der Waals surface area contributed by atoms with Crippen LogP contribution in [0.25, 0.3) is 0 Å². The first-order valence-electron chi connectivity index (χ1n) is 8.40. The number of methoxy groups -OCH3 is 2. The van der Waals surface area contributed by atoms with Gasteiger partial charge in [-0.25, -0.2) is 4.79 Å². The summed E-state index contributed by atoms with van der Waals surface area (Å²) in [5.41, 5.74) is 1.11. The topological polar surface area (TPSA) is 63.2 Å². The van der Waals surface area contributed by atoms with Crippen molar-refractivity contribution >= 4 is 5.97 Å². The summed E-state index contributed by atoms with van der Waals surface area (Å²) in [5, 5.41) is 0. The Bertz CT molecular complexity index is 741. The summed E-state index contributed by atoms with van der Waals surface area (Å²) < 4.78 is 27.0. The van der Waals surface area contributed by atoms with Gasteiger partial charge in [0.1, 0.15) is 18.1 Å². The molecule has 0 aliphatic carbocycles. The zero-order valence-corrected chi connectivity index (χ0v) is 15.5. The third-order valence-electron chi connectivity index (χ3n) is 3.63. The molecule has 2 aromatic rings. The second-order valence-electron chi connectivity index (χ2n) is 5.28. The zero-order valence-electron chi connectivity index (χ0n) is 15.5. The molecule has 2 aromatic carbocycles. The molecule has 26 heavy (non-hydrogen) atoms. The maximum Gasteiger partial charge on any atom is 0.338 e. The van der Waals surface area contributed by atoms with Crippen LogP contribution < -0.4 is 18.9 Å². The standard InChI is InChI=1S/C20H24O6/c1-5-24-18-9-7-14(12-19(18)25-6-2)20(21)26-13-15-11-16(22-3)8-10-17(15)23-4/h7-12H,5-6,13H2,1-4H3. The van der Waals surface area contributed by atoms with Crippen LogP contribution in [0.2, 0.25) is 0 Å². The van der Waals surface area contributed by atoms with Crippen molar-refractivity contribution < 1.29 is 28.5 Å². The molecule has 0 amide bonds. The second-order valence-corrected chi connectivity index (χ2v) is 5.28. The highest BCUT2D eigenvalue weighted by Gasteiger charge is 2.14. The Labute approximate surface area is 153 Å². The molecule has 0 fully saturated rings. The number of benzene rings is 2. The highest BCUT2D eigenvalue weighted by molar-refractivity contribution is 5.90. The Balaban J connectivity index is 2.14. The normalized spacial score (nSPS) is 10.2. The van der Waals surface area contributed by atoms with E-state index in [0.29, 0.717) is 41.8 Å². The fourth-order valence-corrected chi connectivity index (χ4v) is 2.40. The molecule has 0 spiro atoms. The fraction of sp³-hybridized carbons (Fsp3) is 0.350. The van der Waals surface area contributed by atoms with Gasteiger partial charge in [-0.05, 0) is 50.2 Å². The zero-order chi connectivity index (χ0) is 18.9. The van der Waals surface area contributed by atoms with Crippen LogP contribution in [0.1, 0.15) is 29.8 Å². The molecule has 0 aliphatic rings. The van der Waals surface area contributed by atoms with Crippen molar-refractivity contribution in [3.8, 4) is 23.0 Å². The number of esters is 1. The van der Waals surface area contributed by atoms with Gasteiger partial charge in [-0.2, -0.15) is 0 Å². The van der Waals surface area contributed by atoms with Crippen LogP contribution in [0, 0.1) is 0 Å². The van der Waals surface area contributed by atoms with Crippen molar-refractivity contribution in [1.29, 1.82) is 0 Å². The largest absolute Gasteiger partial charge is 0.497 e. The third-order valence-corrected chi connectivity index (χ3v) is 3.63. The molecule has 0 bridgehead atoms. The molecule has 0 atom stereocenters. The monoisotopic (exact) mass is 360 g/mol. The Kier molecular flexibility index (Phi) is 7.14. The van der Waals surface area contributed by atoms with Crippen molar-refractivity contribution in [1.82, 2.24) is 0 Å². The fourth-order valence-electron chi connectivity index (χ4n) is 2.40. The summed E-state index contributed by atoms with van der Waals surface area (Å²) in [5.74, 6) is 1.94. The maximum atomic E-state index is 12.4. The molecular formula is C20H24O6. The molecule has 0 saturated heterocycles. The van der Waals surface area contributed by atoms with Crippen molar-refractivity contribution in [2.75, 3.05) is 27.4 Å². The van der Waals surface area contributed by atoms with Crippen molar-refractivity contribution in [3.63, 3.8) is 0 Å². The predicted molar refractivity (Wildman–Crippen MR) is 97.4 cm³/mol. The Morgan fingerprint density at radius 2 is 1.54 bits per heavy atom. The molecule has 0 heterocycles. The summed E-state index contributed by atoms with van der Waals surface area (Å²) in [6.07, 6.45) is 0. The van der Waals surface area contributed by atoms with Gasteiger partial charge in [0.05, 0.1) is 33.0 Å². The van der Waals surface area contributed by atoms with E-state index in [1.54, 1.807) is 50.6 Å². The summed E-state index contributed by atoms with van der Waals surface area (Å²) in [6, 6.07) is 10.3. The van der Waals surface area contributed by atoms with E-state index in [-0.39, 0.29) is 6.61 Å². The van der Waals surface area contributed by atoms with Crippen LogP contribution in [-0.4, -0.2) is 33.4 Å². The highest BCUT2D eigenvalue weighted by Crippen LogP contribution is 2.29. The Hall–Kier alpha value is -2.89. The van der Waals surface area contributed by atoms with Gasteiger partial charge in [0.15, 0.2) is 11.5 Å². The van der Waals surface area contributed by atoms with Crippen molar-refractivity contribution in [3.05, 3.63) is 47.5 Å².